The number of hydrogen-bond acceptors (Lipinski definition) is 3. The van der Waals surface area contributed by atoms with Gasteiger partial charge in [-0.2, -0.15) is 0 Å². The summed E-state index contributed by atoms with van der Waals surface area (Å²) in [5, 5.41) is 8.05. The quantitative estimate of drug-likeness (QED) is 0.703. The number of hydrogen-bond donors (Lipinski definition) is 3. The molecule has 1 saturated heterocycles. The standard InChI is InChI=1S/C18H21ClFN3O3/c1-17(2,3)13(11-6-10(19)4-5-12(11)20)21-14(24)9-7-18(8-9)15(25)22-16(26)23-18/h4-6,9,13H,7-8H2,1-3H3,(H,21,24)(H2,22,23,25,26). The molecule has 4 amide bonds. The highest BCUT2D eigenvalue weighted by Gasteiger charge is 2.57. The normalized spacial score (nSPS) is 26.1. The Balaban J connectivity index is 1.75. The summed E-state index contributed by atoms with van der Waals surface area (Å²) in [5.41, 5.74) is -1.13. The molecule has 0 aromatic heterocycles. The van der Waals surface area contributed by atoms with Crippen molar-refractivity contribution < 1.29 is 18.8 Å². The molecule has 26 heavy (non-hydrogen) atoms. The van der Waals surface area contributed by atoms with Gasteiger partial charge < -0.3 is 10.6 Å². The molecule has 8 heteroatoms. The molecular formula is C18H21ClFN3O3. The van der Waals surface area contributed by atoms with Crippen LogP contribution in [0.5, 0.6) is 0 Å². The molecule has 1 unspecified atom stereocenters. The van der Waals surface area contributed by atoms with Gasteiger partial charge in [0.15, 0.2) is 0 Å². The van der Waals surface area contributed by atoms with Gasteiger partial charge in [-0.25, -0.2) is 9.18 Å². The summed E-state index contributed by atoms with van der Waals surface area (Å²) in [6, 6.07) is 3.12. The van der Waals surface area contributed by atoms with E-state index in [1.165, 1.54) is 18.2 Å². The molecule has 0 radical (unpaired) electrons. The van der Waals surface area contributed by atoms with Crippen LogP contribution >= 0.6 is 11.6 Å². The van der Waals surface area contributed by atoms with Crippen LogP contribution in [0.1, 0.15) is 45.2 Å². The fourth-order valence-electron chi connectivity index (χ4n) is 3.54. The first-order valence-electron chi connectivity index (χ1n) is 8.41. The van der Waals surface area contributed by atoms with Gasteiger partial charge in [-0.1, -0.05) is 32.4 Å². The van der Waals surface area contributed by atoms with Gasteiger partial charge >= 0.3 is 6.03 Å². The molecule has 0 bridgehead atoms. The van der Waals surface area contributed by atoms with Crippen molar-refractivity contribution in [2.75, 3.05) is 0 Å². The lowest BCUT2D eigenvalue weighted by Crippen LogP contribution is -2.60. The van der Waals surface area contributed by atoms with Crippen LogP contribution in [0.2, 0.25) is 5.02 Å². The van der Waals surface area contributed by atoms with Crippen LogP contribution < -0.4 is 16.0 Å². The van der Waals surface area contributed by atoms with Crippen molar-refractivity contribution in [3.05, 3.63) is 34.6 Å². The molecular weight excluding hydrogens is 361 g/mol. The van der Waals surface area contributed by atoms with Gasteiger partial charge in [0, 0.05) is 16.5 Å². The van der Waals surface area contributed by atoms with Crippen molar-refractivity contribution in [3.8, 4) is 0 Å². The van der Waals surface area contributed by atoms with Gasteiger partial charge in [0.2, 0.25) is 5.91 Å². The van der Waals surface area contributed by atoms with E-state index in [1.807, 2.05) is 20.8 Å². The van der Waals surface area contributed by atoms with E-state index in [0.29, 0.717) is 10.6 Å². The van der Waals surface area contributed by atoms with Crippen molar-refractivity contribution >= 4 is 29.4 Å². The largest absolute Gasteiger partial charge is 0.348 e. The zero-order valence-electron chi connectivity index (χ0n) is 14.8. The second kappa shape index (κ2) is 6.23. The number of carbonyl (C=O) groups is 3. The van der Waals surface area contributed by atoms with Crippen LogP contribution in [-0.2, 0) is 9.59 Å². The topological polar surface area (TPSA) is 87.3 Å². The van der Waals surface area contributed by atoms with E-state index in [1.54, 1.807) is 0 Å². The van der Waals surface area contributed by atoms with Gasteiger partial charge in [-0.05, 0) is 36.5 Å². The zero-order chi connectivity index (χ0) is 19.3. The first-order valence-corrected chi connectivity index (χ1v) is 8.78. The molecule has 1 aliphatic carbocycles. The lowest BCUT2D eigenvalue weighted by atomic mass is 9.67. The van der Waals surface area contributed by atoms with Crippen LogP contribution in [0.25, 0.3) is 0 Å². The fourth-order valence-corrected chi connectivity index (χ4v) is 3.72. The van der Waals surface area contributed by atoms with Gasteiger partial charge in [-0.15, -0.1) is 0 Å². The van der Waals surface area contributed by atoms with Gasteiger partial charge in [0.25, 0.3) is 5.91 Å². The highest BCUT2D eigenvalue weighted by molar-refractivity contribution is 6.30. The highest BCUT2D eigenvalue weighted by Crippen LogP contribution is 2.42. The average molecular weight is 382 g/mol. The van der Waals surface area contributed by atoms with Crippen molar-refractivity contribution in [1.82, 2.24) is 16.0 Å². The predicted molar refractivity (Wildman–Crippen MR) is 93.9 cm³/mol. The number of nitrogens with one attached hydrogen (secondary N) is 3. The molecule has 3 N–H and O–H groups in total. The molecule has 140 valence electrons. The lowest BCUT2D eigenvalue weighted by molar-refractivity contribution is -0.137. The molecule has 2 aliphatic rings. The van der Waals surface area contributed by atoms with E-state index < -0.39 is 40.7 Å². The summed E-state index contributed by atoms with van der Waals surface area (Å²) in [6.45, 7) is 5.68. The predicted octanol–water partition coefficient (Wildman–Crippen LogP) is 2.67. The Kier molecular flexibility index (Phi) is 4.46. The maximum absolute atomic E-state index is 14.3. The van der Waals surface area contributed by atoms with Gasteiger partial charge in [0.1, 0.15) is 11.4 Å². The molecule has 1 heterocycles. The molecule has 6 nitrogen and oxygen atoms in total. The number of imide groups is 1. The Hall–Kier alpha value is -2.15. The number of halogens is 2. The molecule has 1 spiro atoms. The van der Waals surface area contributed by atoms with Crippen molar-refractivity contribution in [1.29, 1.82) is 0 Å². The second-order valence-corrected chi connectivity index (χ2v) is 8.51. The Morgan fingerprint density at radius 2 is 2.00 bits per heavy atom. The van der Waals surface area contributed by atoms with E-state index >= 15 is 0 Å². The van der Waals surface area contributed by atoms with Crippen LogP contribution in [0.15, 0.2) is 18.2 Å². The Morgan fingerprint density at radius 1 is 1.35 bits per heavy atom. The van der Waals surface area contributed by atoms with Crippen LogP contribution in [0.4, 0.5) is 9.18 Å². The first kappa shape index (κ1) is 18.6. The summed E-state index contributed by atoms with van der Waals surface area (Å²) < 4.78 is 14.3. The summed E-state index contributed by atoms with van der Waals surface area (Å²) in [6.07, 6.45) is 0.455. The summed E-state index contributed by atoms with van der Waals surface area (Å²) in [7, 11) is 0. The number of benzene rings is 1. The third kappa shape index (κ3) is 3.28. The molecule has 1 aromatic carbocycles. The van der Waals surface area contributed by atoms with Crippen molar-refractivity contribution in [3.63, 3.8) is 0 Å². The van der Waals surface area contributed by atoms with Gasteiger partial charge in [0.05, 0.1) is 6.04 Å². The van der Waals surface area contributed by atoms with E-state index in [9.17, 15) is 18.8 Å². The third-order valence-corrected chi connectivity index (χ3v) is 5.23. The number of urea groups is 1. The maximum Gasteiger partial charge on any atom is 0.322 e. The Labute approximate surface area is 155 Å². The third-order valence-electron chi connectivity index (χ3n) is 5.00. The minimum absolute atomic E-state index is 0.227. The van der Waals surface area contributed by atoms with Crippen LogP contribution in [0.3, 0.4) is 0 Å². The SMILES string of the molecule is CC(C)(C)C(NC(=O)C1CC2(C1)NC(=O)NC2=O)c1cc(Cl)ccc1F. The average Bonchev–Trinajstić information content (AvgIpc) is 2.79. The molecule has 1 aliphatic heterocycles. The number of carbonyl (C=O) groups excluding carboxylic acids is 3. The van der Waals surface area contributed by atoms with Crippen molar-refractivity contribution in [2.45, 2.75) is 45.2 Å². The van der Waals surface area contributed by atoms with E-state index in [0.717, 1.165) is 0 Å². The molecule has 1 saturated carbocycles. The van der Waals surface area contributed by atoms with E-state index in [-0.39, 0.29) is 18.7 Å². The lowest BCUT2D eigenvalue weighted by Gasteiger charge is -2.42. The number of amides is 4. The van der Waals surface area contributed by atoms with E-state index in [4.69, 9.17) is 11.6 Å². The van der Waals surface area contributed by atoms with Crippen LogP contribution in [-0.4, -0.2) is 23.4 Å². The molecule has 2 fully saturated rings. The number of rotatable bonds is 3. The van der Waals surface area contributed by atoms with Crippen molar-refractivity contribution in [2.24, 2.45) is 11.3 Å². The maximum atomic E-state index is 14.3. The fraction of sp³-hybridized carbons (Fsp3) is 0.500. The molecule has 1 aromatic rings. The van der Waals surface area contributed by atoms with E-state index in [2.05, 4.69) is 16.0 Å². The monoisotopic (exact) mass is 381 g/mol. The minimum atomic E-state index is -0.988. The molecule has 1 atom stereocenters. The minimum Gasteiger partial charge on any atom is -0.348 e. The highest BCUT2D eigenvalue weighted by atomic mass is 35.5. The second-order valence-electron chi connectivity index (χ2n) is 8.07. The Bertz CT molecular complexity index is 784. The first-order chi connectivity index (χ1) is 12.0. The Morgan fingerprint density at radius 3 is 2.54 bits per heavy atom. The van der Waals surface area contributed by atoms with Crippen LogP contribution in [0, 0.1) is 17.2 Å². The smallest absolute Gasteiger partial charge is 0.322 e. The van der Waals surface area contributed by atoms with Gasteiger partial charge in [-0.3, -0.25) is 14.9 Å². The summed E-state index contributed by atoms with van der Waals surface area (Å²) >= 11 is 6.00. The summed E-state index contributed by atoms with van der Waals surface area (Å²) in [5.74, 6) is -1.54. The molecule has 3 rings (SSSR count). The summed E-state index contributed by atoms with van der Waals surface area (Å²) in [4.78, 5) is 35.8. The zero-order valence-corrected chi connectivity index (χ0v) is 15.5.